The Labute approximate surface area is 145 Å². The summed E-state index contributed by atoms with van der Waals surface area (Å²) in [5, 5.41) is 2.50. The number of nitrogens with one attached hydrogen (secondary N) is 1. The van der Waals surface area contributed by atoms with Crippen molar-refractivity contribution in [2.45, 2.75) is 33.2 Å². The van der Waals surface area contributed by atoms with Gasteiger partial charge in [-0.05, 0) is 31.0 Å². The molecule has 25 heavy (non-hydrogen) atoms. The van der Waals surface area contributed by atoms with Gasteiger partial charge in [0.25, 0.3) is 5.91 Å². The van der Waals surface area contributed by atoms with Gasteiger partial charge >= 0.3 is 11.9 Å². The van der Waals surface area contributed by atoms with Gasteiger partial charge in [0.15, 0.2) is 0 Å². The number of rotatable bonds is 8. The van der Waals surface area contributed by atoms with E-state index in [1.54, 1.807) is 13.8 Å². The second kappa shape index (κ2) is 9.41. The number of primary amides is 1. The first kappa shape index (κ1) is 20.1. The lowest BCUT2D eigenvalue weighted by Gasteiger charge is -2.21. The maximum absolute atomic E-state index is 12.3. The number of carbonyl (C=O) groups is 4. The monoisotopic (exact) mass is 350 g/mol. The van der Waals surface area contributed by atoms with Crippen molar-refractivity contribution >= 4 is 23.8 Å². The number of hydrogen-bond donors (Lipinski definition) is 2. The van der Waals surface area contributed by atoms with E-state index in [-0.39, 0.29) is 24.3 Å². The van der Waals surface area contributed by atoms with Gasteiger partial charge in [-0.3, -0.25) is 19.2 Å². The molecule has 0 fully saturated rings. The van der Waals surface area contributed by atoms with Crippen LogP contribution in [-0.2, 0) is 19.1 Å². The molecular formula is C17H22N2O6. The largest absolute Gasteiger partial charge is 0.466 e. The maximum Gasteiger partial charge on any atom is 0.308 e. The van der Waals surface area contributed by atoms with Crippen LogP contribution < -0.4 is 15.8 Å². The molecule has 3 N–H and O–H groups in total. The quantitative estimate of drug-likeness (QED) is 0.527. The van der Waals surface area contributed by atoms with Crippen LogP contribution >= 0.6 is 0 Å². The van der Waals surface area contributed by atoms with Gasteiger partial charge in [0.05, 0.1) is 13.0 Å². The number of nitrogens with two attached hydrogens (primary N) is 1. The summed E-state index contributed by atoms with van der Waals surface area (Å²) in [5.74, 6) is -2.68. The Kier molecular flexibility index (Phi) is 7.58. The van der Waals surface area contributed by atoms with Crippen LogP contribution in [0.15, 0.2) is 24.3 Å². The van der Waals surface area contributed by atoms with Gasteiger partial charge in [-0.25, -0.2) is 0 Å². The van der Waals surface area contributed by atoms with Gasteiger partial charge < -0.3 is 20.5 Å². The number of amides is 2. The highest BCUT2D eigenvalue weighted by Gasteiger charge is 2.27. The lowest BCUT2D eigenvalue weighted by molar-refractivity contribution is -0.144. The average molecular weight is 350 g/mol. The molecule has 0 aliphatic heterocycles. The van der Waals surface area contributed by atoms with Crippen molar-refractivity contribution in [1.29, 1.82) is 0 Å². The van der Waals surface area contributed by atoms with E-state index in [0.29, 0.717) is 0 Å². The van der Waals surface area contributed by atoms with E-state index >= 15 is 0 Å². The van der Waals surface area contributed by atoms with Gasteiger partial charge in [-0.15, -0.1) is 0 Å². The SMILES string of the molecule is CCOC(=O)C[C@H](C)[C@@H](NC(=O)c1cccc(OC(C)=O)c1)C(N)=O. The van der Waals surface area contributed by atoms with E-state index in [1.807, 2.05) is 0 Å². The van der Waals surface area contributed by atoms with Gasteiger partial charge in [0.1, 0.15) is 11.8 Å². The Bertz CT molecular complexity index is 658. The third kappa shape index (κ3) is 6.62. The average Bonchev–Trinajstić information content (AvgIpc) is 2.51. The van der Waals surface area contributed by atoms with Crippen LogP contribution in [0.5, 0.6) is 5.75 Å². The van der Waals surface area contributed by atoms with Crippen molar-refractivity contribution in [3.05, 3.63) is 29.8 Å². The smallest absolute Gasteiger partial charge is 0.308 e. The first-order valence-corrected chi connectivity index (χ1v) is 7.78. The number of ether oxygens (including phenoxy) is 2. The molecule has 0 aromatic heterocycles. The van der Waals surface area contributed by atoms with E-state index in [1.165, 1.54) is 31.2 Å². The molecule has 2 atom stereocenters. The highest BCUT2D eigenvalue weighted by molar-refractivity contribution is 5.97. The molecular weight excluding hydrogens is 328 g/mol. The number of benzene rings is 1. The van der Waals surface area contributed by atoms with Crippen molar-refractivity contribution in [3.63, 3.8) is 0 Å². The van der Waals surface area contributed by atoms with E-state index < -0.39 is 35.7 Å². The van der Waals surface area contributed by atoms with E-state index in [0.717, 1.165) is 0 Å². The molecule has 0 saturated heterocycles. The number of esters is 2. The first-order chi connectivity index (χ1) is 11.7. The van der Waals surface area contributed by atoms with Crippen LogP contribution in [0.4, 0.5) is 0 Å². The third-order valence-electron chi connectivity index (χ3n) is 3.31. The zero-order valence-corrected chi connectivity index (χ0v) is 14.4. The molecule has 0 bridgehead atoms. The summed E-state index contributed by atoms with van der Waals surface area (Å²) in [4.78, 5) is 46.5. The Morgan fingerprint density at radius 2 is 1.92 bits per heavy atom. The van der Waals surface area contributed by atoms with E-state index in [9.17, 15) is 19.2 Å². The topological polar surface area (TPSA) is 125 Å². The molecule has 0 heterocycles. The Morgan fingerprint density at radius 1 is 1.24 bits per heavy atom. The fourth-order valence-corrected chi connectivity index (χ4v) is 2.19. The Hall–Kier alpha value is -2.90. The minimum Gasteiger partial charge on any atom is -0.466 e. The molecule has 0 radical (unpaired) electrons. The van der Waals surface area contributed by atoms with Crippen LogP contribution in [0, 0.1) is 5.92 Å². The molecule has 1 aromatic carbocycles. The maximum atomic E-state index is 12.3. The van der Waals surface area contributed by atoms with Crippen LogP contribution in [0.25, 0.3) is 0 Å². The van der Waals surface area contributed by atoms with Gasteiger partial charge in [-0.2, -0.15) is 0 Å². The summed E-state index contributed by atoms with van der Waals surface area (Å²) in [5.41, 5.74) is 5.52. The summed E-state index contributed by atoms with van der Waals surface area (Å²) >= 11 is 0. The van der Waals surface area contributed by atoms with Crippen molar-refractivity contribution in [1.82, 2.24) is 5.32 Å². The molecule has 1 aromatic rings. The second-order valence-electron chi connectivity index (χ2n) is 5.46. The predicted molar refractivity (Wildman–Crippen MR) is 88.6 cm³/mol. The lowest BCUT2D eigenvalue weighted by atomic mass is 9.97. The van der Waals surface area contributed by atoms with Crippen molar-refractivity contribution in [3.8, 4) is 5.75 Å². The standard InChI is InChI=1S/C17H22N2O6/c1-4-24-14(21)8-10(2)15(16(18)22)19-17(23)12-6-5-7-13(9-12)25-11(3)20/h5-7,9-10,15H,4,8H2,1-3H3,(H2,18,22)(H,19,23)/t10-,15+/m0/s1. The summed E-state index contributed by atoms with van der Waals surface area (Å²) in [7, 11) is 0. The zero-order chi connectivity index (χ0) is 19.0. The molecule has 0 unspecified atom stereocenters. The normalized spacial score (nSPS) is 12.6. The summed E-state index contributed by atoms with van der Waals surface area (Å²) in [6.45, 7) is 4.75. The molecule has 0 aliphatic rings. The summed E-state index contributed by atoms with van der Waals surface area (Å²) < 4.78 is 9.75. The Balaban J connectivity index is 2.84. The number of hydrogen-bond acceptors (Lipinski definition) is 6. The molecule has 2 amide bonds. The van der Waals surface area contributed by atoms with E-state index in [2.05, 4.69) is 5.32 Å². The predicted octanol–water partition coefficient (Wildman–Crippen LogP) is 0.785. The van der Waals surface area contributed by atoms with Crippen LogP contribution in [0.1, 0.15) is 37.6 Å². The minimum atomic E-state index is -1.05. The molecule has 0 aliphatic carbocycles. The van der Waals surface area contributed by atoms with Crippen LogP contribution in [-0.4, -0.2) is 36.4 Å². The Morgan fingerprint density at radius 3 is 2.48 bits per heavy atom. The lowest BCUT2D eigenvalue weighted by Crippen LogP contribution is -2.49. The highest BCUT2D eigenvalue weighted by atomic mass is 16.5. The fraction of sp³-hybridized carbons (Fsp3) is 0.412. The minimum absolute atomic E-state index is 0.0603. The summed E-state index contributed by atoms with van der Waals surface area (Å²) in [6, 6.07) is 4.87. The van der Waals surface area contributed by atoms with Gasteiger partial charge in [0, 0.05) is 12.5 Å². The molecule has 1 rings (SSSR count). The van der Waals surface area contributed by atoms with Crippen LogP contribution in [0.3, 0.4) is 0 Å². The van der Waals surface area contributed by atoms with Crippen LogP contribution in [0.2, 0.25) is 0 Å². The molecule has 0 spiro atoms. The highest BCUT2D eigenvalue weighted by Crippen LogP contribution is 2.15. The molecule has 8 heteroatoms. The van der Waals surface area contributed by atoms with Gasteiger partial charge in [0.2, 0.25) is 5.91 Å². The second-order valence-corrected chi connectivity index (χ2v) is 5.46. The molecule has 0 saturated carbocycles. The zero-order valence-electron chi connectivity index (χ0n) is 14.4. The molecule has 8 nitrogen and oxygen atoms in total. The molecule has 136 valence electrons. The van der Waals surface area contributed by atoms with Crippen molar-refractivity contribution in [2.75, 3.05) is 6.61 Å². The number of carbonyl (C=O) groups excluding carboxylic acids is 4. The fourth-order valence-electron chi connectivity index (χ4n) is 2.19. The summed E-state index contributed by atoms with van der Waals surface area (Å²) in [6.07, 6.45) is -0.0603. The van der Waals surface area contributed by atoms with Crippen molar-refractivity contribution in [2.24, 2.45) is 11.7 Å². The van der Waals surface area contributed by atoms with Crippen molar-refractivity contribution < 1.29 is 28.7 Å². The van der Waals surface area contributed by atoms with E-state index in [4.69, 9.17) is 15.2 Å². The third-order valence-corrected chi connectivity index (χ3v) is 3.31. The first-order valence-electron chi connectivity index (χ1n) is 7.78. The van der Waals surface area contributed by atoms with Gasteiger partial charge in [-0.1, -0.05) is 13.0 Å².